The number of fused-ring (bicyclic) bond motifs is 4. The summed E-state index contributed by atoms with van der Waals surface area (Å²) in [5, 5.41) is 14.8. The zero-order chi connectivity index (χ0) is 32.5. The van der Waals surface area contributed by atoms with E-state index in [0.717, 1.165) is 17.7 Å². The van der Waals surface area contributed by atoms with Crippen molar-refractivity contribution >= 4 is 27.5 Å². The van der Waals surface area contributed by atoms with E-state index in [1.165, 1.54) is 30.5 Å². The van der Waals surface area contributed by atoms with Gasteiger partial charge < -0.3 is 25.0 Å². The van der Waals surface area contributed by atoms with Crippen LogP contribution in [0.2, 0.25) is 0 Å². The summed E-state index contributed by atoms with van der Waals surface area (Å²) in [6, 6.07) is 3.99. The first-order valence-electron chi connectivity index (χ1n) is 16.1. The van der Waals surface area contributed by atoms with Crippen LogP contribution in [-0.2, 0) is 0 Å². The van der Waals surface area contributed by atoms with E-state index in [1.54, 1.807) is 0 Å². The molecule has 8 nitrogen and oxygen atoms in total. The predicted molar refractivity (Wildman–Crippen MR) is 153 cm³/mol. The number of likely N-dealkylation sites (tertiary alicyclic amines) is 1. The molecule has 3 atom stereocenters. The second-order valence-electron chi connectivity index (χ2n) is 10.8. The Bertz CT molecular complexity index is 1910. The maximum Gasteiger partial charge on any atom is 0.319 e. The molecule has 5 heterocycles. The van der Waals surface area contributed by atoms with Crippen molar-refractivity contribution in [3.8, 4) is 35.4 Å². The largest absolute Gasteiger partial charge is 0.508 e. The van der Waals surface area contributed by atoms with E-state index in [9.17, 15) is 9.50 Å². The van der Waals surface area contributed by atoms with Crippen LogP contribution in [0.25, 0.3) is 32.9 Å². The molecule has 3 fully saturated rings. The van der Waals surface area contributed by atoms with Crippen LogP contribution in [-0.4, -0.2) is 76.3 Å². The number of terminal acetylenes is 1. The fourth-order valence-corrected chi connectivity index (χ4v) is 6.23. The molecule has 0 aliphatic carbocycles. The van der Waals surface area contributed by atoms with E-state index in [2.05, 4.69) is 26.2 Å². The van der Waals surface area contributed by atoms with Crippen molar-refractivity contribution in [3.05, 3.63) is 47.7 Å². The highest BCUT2D eigenvalue weighted by atomic mass is 19.1. The Morgan fingerprint density at radius 2 is 2.05 bits per heavy atom. The van der Waals surface area contributed by atoms with Gasteiger partial charge in [-0.3, -0.25) is 4.98 Å². The number of hydrogen-bond acceptors (Lipinski definition) is 8. The molecule has 3 saturated heterocycles. The first kappa shape index (κ1) is 20.8. The number of phenolic OH excluding ortho intramolecular Hbond substituents is 1. The van der Waals surface area contributed by atoms with E-state index in [1.807, 2.05) is 4.90 Å². The van der Waals surface area contributed by atoms with Crippen LogP contribution in [0, 0.1) is 24.0 Å². The van der Waals surface area contributed by atoms with Crippen LogP contribution in [0.1, 0.15) is 38.1 Å². The lowest BCUT2D eigenvalue weighted by molar-refractivity contribution is 0.188. The topological polar surface area (TPSA) is 86.6 Å². The van der Waals surface area contributed by atoms with Crippen molar-refractivity contribution in [2.24, 2.45) is 0 Å². The lowest BCUT2D eigenvalue weighted by atomic mass is 9.96. The number of anilines is 1. The predicted octanol–water partition coefficient (Wildman–Crippen LogP) is 4.22. The molecule has 0 spiro atoms. The lowest BCUT2D eigenvalue weighted by Crippen LogP contribution is -2.51. The molecular formula is C31H30F2N6O2. The molecule has 2 aromatic heterocycles. The number of nitrogens with one attached hydrogen (secondary N) is 1. The third kappa shape index (κ3) is 4.49. The molecule has 2 N–H and O–H groups in total. The van der Waals surface area contributed by atoms with Gasteiger partial charge in [-0.15, -0.1) is 6.42 Å². The normalized spacial score (nSPS) is 25.0. The van der Waals surface area contributed by atoms with Crippen molar-refractivity contribution < 1.29 is 25.5 Å². The first-order valence-corrected chi connectivity index (χ1v) is 13.6. The van der Waals surface area contributed by atoms with Crippen molar-refractivity contribution in [3.63, 3.8) is 0 Å². The minimum absolute atomic E-state index is 0.0410. The van der Waals surface area contributed by atoms with Crippen LogP contribution >= 0.6 is 0 Å². The molecule has 4 aromatic rings. The molecule has 0 amide bonds. The summed E-state index contributed by atoms with van der Waals surface area (Å²) in [4.78, 5) is 16.3. The van der Waals surface area contributed by atoms with E-state index < -0.39 is 37.2 Å². The summed E-state index contributed by atoms with van der Waals surface area (Å²) < 4.78 is 78.4. The number of phenols is 1. The number of piperazine rings is 1. The standard InChI is InChI=1S/C31H30F2N6O2/c1-3-22-25(32)9-6-17-11-21(40)12-23(26(17)22)28-27(33)29-24(13-34-28)30(39-14-18-7-8-19(15-39)35-18)37-31(36-29)41-16-20-5-4-10-38(20)2/h1,6,9,11-13,18-20,35,40H,4-5,7-8,10,14-16H2,2H3/t18-,19+,20-/m0/s1/i2D3,16D2. The Morgan fingerprint density at radius 3 is 2.83 bits per heavy atom. The van der Waals surface area contributed by atoms with Crippen LogP contribution in [0.4, 0.5) is 14.6 Å². The summed E-state index contributed by atoms with van der Waals surface area (Å²) >= 11 is 0. The molecule has 0 radical (unpaired) electrons. The van der Waals surface area contributed by atoms with Gasteiger partial charge in [-0.25, -0.2) is 8.78 Å². The molecule has 3 aliphatic rings. The zero-order valence-corrected chi connectivity index (χ0v) is 22.0. The van der Waals surface area contributed by atoms with E-state index >= 15 is 4.39 Å². The second kappa shape index (κ2) is 10.1. The van der Waals surface area contributed by atoms with Gasteiger partial charge in [-0.1, -0.05) is 12.0 Å². The van der Waals surface area contributed by atoms with Crippen LogP contribution in [0.3, 0.4) is 0 Å². The third-order valence-corrected chi connectivity index (χ3v) is 8.15. The number of likely N-dealkylation sites (N-methyl/N-ethyl adjacent to an activating group) is 1. The van der Waals surface area contributed by atoms with Crippen LogP contribution in [0.15, 0.2) is 30.5 Å². The molecular weight excluding hydrogens is 526 g/mol. The van der Waals surface area contributed by atoms with Crippen molar-refractivity contribution in [1.82, 2.24) is 25.2 Å². The molecule has 3 aliphatic heterocycles. The Kier molecular flexibility index (Phi) is 5.10. The average Bonchev–Trinajstić information content (AvgIpc) is 3.64. The minimum Gasteiger partial charge on any atom is -0.508 e. The summed E-state index contributed by atoms with van der Waals surface area (Å²) in [6.45, 7) is -3.81. The number of pyridine rings is 1. The average molecular weight is 562 g/mol. The zero-order valence-electron chi connectivity index (χ0n) is 27.0. The maximum absolute atomic E-state index is 16.8. The molecule has 0 unspecified atom stereocenters. The highest BCUT2D eigenvalue weighted by molar-refractivity contribution is 6.03. The summed E-state index contributed by atoms with van der Waals surface area (Å²) in [6.07, 6.45) is 9.63. The fraction of sp³-hybridized carbons (Fsp3) is 0.387. The van der Waals surface area contributed by atoms with Gasteiger partial charge in [0.25, 0.3) is 0 Å². The van der Waals surface area contributed by atoms with E-state index in [4.69, 9.17) is 18.0 Å². The number of ether oxygens (including phenoxy) is 1. The van der Waals surface area contributed by atoms with E-state index in [0.29, 0.717) is 30.7 Å². The SMILES string of the molecule is [2H]C([2H])(Oc1nc(N2C[C@H]3CC[C@@H](C2)N3)c2cnc(-c3cc(O)cc4ccc(F)c(C#C)c34)c(F)c2n1)[C@@H]1CCCN1C([2H])([2H])[2H]. The highest BCUT2D eigenvalue weighted by Gasteiger charge is 2.34. The van der Waals surface area contributed by atoms with Gasteiger partial charge in [-0.2, -0.15) is 9.97 Å². The smallest absolute Gasteiger partial charge is 0.319 e. The molecule has 2 aromatic carbocycles. The number of aromatic nitrogens is 3. The second-order valence-corrected chi connectivity index (χ2v) is 10.8. The molecule has 0 saturated carbocycles. The van der Waals surface area contributed by atoms with Crippen LogP contribution < -0.4 is 15.0 Å². The number of rotatable bonds is 5. The molecule has 2 bridgehead atoms. The van der Waals surface area contributed by atoms with Gasteiger partial charge in [0, 0.05) is 52.5 Å². The van der Waals surface area contributed by atoms with Crippen molar-refractivity contribution in [1.29, 1.82) is 0 Å². The number of benzene rings is 2. The molecule has 210 valence electrons. The minimum atomic E-state index is -2.54. The quantitative estimate of drug-likeness (QED) is 0.351. The maximum atomic E-state index is 16.8. The van der Waals surface area contributed by atoms with Crippen molar-refractivity contribution in [2.45, 2.75) is 43.8 Å². The molecule has 10 heteroatoms. The summed E-state index contributed by atoms with van der Waals surface area (Å²) in [7, 11) is 0. The van der Waals surface area contributed by atoms with Gasteiger partial charge >= 0.3 is 6.01 Å². The lowest BCUT2D eigenvalue weighted by Gasteiger charge is -2.34. The summed E-state index contributed by atoms with van der Waals surface area (Å²) in [5.41, 5.74) is -0.583. The number of aromatic hydroxyl groups is 1. The van der Waals surface area contributed by atoms with Gasteiger partial charge in [0.1, 0.15) is 35.2 Å². The number of halogens is 2. The fourth-order valence-electron chi connectivity index (χ4n) is 6.23. The number of nitrogens with zero attached hydrogens (tertiary/aromatic N) is 5. The third-order valence-electron chi connectivity index (χ3n) is 8.15. The van der Waals surface area contributed by atoms with E-state index in [-0.39, 0.29) is 63.9 Å². The monoisotopic (exact) mass is 561 g/mol. The van der Waals surface area contributed by atoms with Crippen LogP contribution in [0.5, 0.6) is 11.8 Å². The van der Waals surface area contributed by atoms with Gasteiger partial charge in [-0.05, 0) is 62.8 Å². The Balaban J connectivity index is 1.40. The Hall–Kier alpha value is -4.07. The Morgan fingerprint density at radius 1 is 1.22 bits per heavy atom. The summed E-state index contributed by atoms with van der Waals surface area (Å²) in [5.74, 6) is 0.759. The van der Waals surface area contributed by atoms with Crippen molar-refractivity contribution in [2.75, 3.05) is 38.1 Å². The molecule has 41 heavy (non-hydrogen) atoms. The Labute approximate surface area is 243 Å². The van der Waals surface area contributed by atoms with Gasteiger partial charge in [0.2, 0.25) is 0 Å². The highest BCUT2D eigenvalue weighted by Crippen LogP contribution is 2.39. The van der Waals surface area contributed by atoms with Gasteiger partial charge in [0.15, 0.2) is 5.82 Å². The first-order chi connectivity index (χ1) is 21.8. The number of hydrogen-bond donors (Lipinski definition) is 2. The molecule has 7 rings (SSSR count). The van der Waals surface area contributed by atoms with Gasteiger partial charge in [0.05, 0.1) is 13.7 Å².